The summed E-state index contributed by atoms with van der Waals surface area (Å²) in [6.07, 6.45) is 2.05. The fourth-order valence-corrected chi connectivity index (χ4v) is 5.39. The quantitative estimate of drug-likeness (QED) is 0.280. The van der Waals surface area contributed by atoms with Gasteiger partial charge in [-0.05, 0) is 59.3 Å². The van der Waals surface area contributed by atoms with E-state index in [1.807, 2.05) is 97.1 Å². The van der Waals surface area contributed by atoms with E-state index in [1.54, 1.807) is 18.2 Å². The Labute approximate surface area is 220 Å². The minimum absolute atomic E-state index is 0.153. The number of hydrogen-bond acceptors (Lipinski definition) is 4. The van der Waals surface area contributed by atoms with Crippen LogP contribution in [0, 0.1) is 0 Å². The summed E-state index contributed by atoms with van der Waals surface area (Å²) in [7, 11) is -4.47. The third-order valence-electron chi connectivity index (χ3n) is 6.38. The summed E-state index contributed by atoms with van der Waals surface area (Å²) in [5, 5.41) is 5.06. The maximum atomic E-state index is 12.3. The number of rotatable bonds is 5. The zero-order valence-corrected chi connectivity index (χ0v) is 21.0. The van der Waals surface area contributed by atoms with Gasteiger partial charge in [0.05, 0.1) is 0 Å². The van der Waals surface area contributed by atoms with Crippen LogP contribution in [0.25, 0.3) is 11.6 Å². The molecule has 0 aliphatic carbocycles. The Kier molecular flexibility index (Phi) is 6.04. The number of para-hydroxylation sites is 1. The number of anilines is 2. The third kappa shape index (κ3) is 4.70. The van der Waals surface area contributed by atoms with Crippen LogP contribution < -0.4 is 20.5 Å². The molecule has 5 aromatic carbocycles. The fraction of sp³-hybridized carbons (Fsp3) is 0. The van der Waals surface area contributed by atoms with Gasteiger partial charge >= 0.3 is 0 Å². The van der Waals surface area contributed by atoms with Crippen LogP contribution in [0.5, 0.6) is 11.5 Å². The highest BCUT2D eigenvalue weighted by atomic mass is 32.2. The summed E-state index contributed by atoms with van der Waals surface area (Å²) in [6, 6.07) is 37.8. The minimum Gasteiger partial charge on any atom is -0.456 e. The van der Waals surface area contributed by atoms with Crippen molar-refractivity contribution in [2.24, 2.45) is 0 Å². The second-order valence-electron chi connectivity index (χ2n) is 8.96. The van der Waals surface area contributed by atoms with Crippen LogP contribution in [0.3, 0.4) is 0 Å². The molecule has 0 atom stereocenters. The molecule has 1 aliphatic rings. The van der Waals surface area contributed by atoms with Gasteiger partial charge in [-0.1, -0.05) is 72.8 Å². The molecule has 5 nitrogen and oxygen atoms in total. The molecule has 0 radical (unpaired) electrons. The molecule has 186 valence electrons. The highest BCUT2D eigenvalue weighted by Gasteiger charge is 2.25. The molecule has 6 heteroatoms. The van der Waals surface area contributed by atoms with Crippen LogP contribution in [0.1, 0.15) is 16.7 Å². The lowest BCUT2D eigenvalue weighted by Gasteiger charge is -2.23. The molecule has 1 aliphatic heterocycles. The lowest BCUT2D eigenvalue weighted by Crippen LogP contribution is -2.21. The van der Waals surface area contributed by atoms with Gasteiger partial charge in [-0.3, -0.25) is 4.55 Å². The number of fused-ring (bicyclic) bond motifs is 2. The van der Waals surface area contributed by atoms with Crippen molar-refractivity contribution >= 4 is 33.1 Å². The van der Waals surface area contributed by atoms with Gasteiger partial charge in [0, 0.05) is 39.4 Å². The maximum absolute atomic E-state index is 12.3. The summed E-state index contributed by atoms with van der Waals surface area (Å²) in [6.45, 7) is 0. The Morgan fingerprint density at radius 3 is 2.13 bits per heavy atom. The van der Waals surface area contributed by atoms with Crippen molar-refractivity contribution in [1.82, 2.24) is 0 Å². The zero-order chi connectivity index (χ0) is 26.1. The molecule has 0 saturated heterocycles. The summed E-state index contributed by atoms with van der Waals surface area (Å²) in [5.74, 6) is 1.18. The lowest BCUT2D eigenvalue weighted by atomic mass is 9.92. The number of nitrogens with one attached hydrogen (secondary N) is 1. The third-order valence-corrected chi connectivity index (χ3v) is 7.29. The Morgan fingerprint density at radius 1 is 0.658 bits per heavy atom. The SMILES string of the molecule is O=S(=O)(O)c1ccccc1C1=c2cc/c(=C\c3ccccc3)cc2Oc2cc(Nc3ccccc3)ccc21. The number of ether oxygens (including phenoxy) is 1. The molecular formula is C32H23NO4S. The number of benzene rings is 5. The molecule has 0 bridgehead atoms. The molecule has 1 heterocycles. The van der Waals surface area contributed by atoms with Gasteiger partial charge in [-0.2, -0.15) is 8.42 Å². The first kappa shape index (κ1) is 23.7. The van der Waals surface area contributed by atoms with Gasteiger partial charge in [0.25, 0.3) is 10.1 Å². The molecule has 0 aromatic heterocycles. The Morgan fingerprint density at radius 2 is 1.37 bits per heavy atom. The second-order valence-corrected chi connectivity index (χ2v) is 10.4. The average molecular weight is 518 g/mol. The van der Waals surface area contributed by atoms with Crippen LogP contribution in [0.4, 0.5) is 11.4 Å². The fourth-order valence-electron chi connectivity index (χ4n) is 4.69. The van der Waals surface area contributed by atoms with Gasteiger partial charge in [-0.15, -0.1) is 0 Å². The van der Waals surface area contributed by atoms with Crippen molar-refractivity contribution in [1.29, 1.82) is 0 Å². The molecule has 0 amide bonds. The van der Waals surface area contributed by atoms with Crippen molar-refractivity contribution in [3.05, 3.63) is 148 Å². The van der Waals surface area contributed by atoms with E-state index in [-0.39, 0.29) is 4.90 Å². The Balaban J connectivity index is 1.57. The number of hydrogen-bond donors (Lipinski definition) is 2. The van der Waals surface area contributed by atoms with E-state index in [4.69, 9.17) is 4.74 Å². The molecule has 38 heavy (non-hydrogen) atoms. The molecule has 0 fully saturated rings. The molecule has 5 aromatic rings. The Bertz CT molecular complexity index is 1880. The van der Waals surface area contributed by atoms with Crippen molar-refractivity contribution in [2.45, 2.75) is 4.90 Å². The monoisotopic (exact) mass is 517 g/mol. The second kappa shape index (κ2) is 9.67. The van der Waals surface area contributed by atoms with Crippen molar-refractivity contribution in [3.8, 4) is 11.5 Å². The van der Waals surface area contributed by atoms with Crippen molar-refractivity contribution in [3.63, 3.8) is 0 Å². The van der Waals surface area contributed by atoms with E-state index in [1.165, 1.54) is 6.07 Å². The van der Waals surface area contributed by atoms with Gasteiger partial charge in [0.15, 0.2) is 0 Å². The topological polar surface area (TPSA) is 75.6 Å². The first-order valence-electron chi connectivity index (χ1n) is 12.1. The average Bonchev–Trinajstić information content (AvgIpc) is 2.92. The molecular weight excluding hydrogens is 494 g/mol. The van der Waals surface area contributed by atoms with Crippen LogP contribution in [-0.2, 0) is 10.1 Å². The maximum Gasteiger partial charge on any atom is 0.295 e. The largest absolute Gasteiger partial charge is 0.456 e. The molecule has 0 unspecified atom stereocenters. The predicted molar refractivity (Wildman–Crippen MR) is 150 cm³/mol. The zero-order valence-electron chi connectivity index (χ0n) is 20.2. The molecule has 2 N–H and O–H groups in total. The van der Waals surface area contributed by atoms with Crippen LogP contribution >= 0.6 is 0 Å². The van der Waals surface area contributed by atoms with E-state index in [0.717, 1.165) is 32.9 Å². The highest BCUT2D eigenvalue weighted by molar-refractivity contribution is 7.86. The highest BCUT2D eigenvalue weighted by Crippen LogP contribution is 2.39. The van der Waals surface area contributed by atoms with Crippen LogP contribution in [0.15, 0.2) is 126 Å². The van der Waals surface area contributed by atoms with E-state index in [0.29, 0.717) is 22.6 Å². The summed E-state index contributed by atoms with van der Waals surface area (Å²) in [5.41, 5.74) is 4.62. The van der Waals surface area contributed by atoms with Crippen molar-refractivity contribution < 1.29 is 17.7 Å². The summed E-state index contributed by atoms with van der Waals surface area (Å²) < 4.78 is 41.1. The van der Waals surface area contributed by atoms with Crippen molar-refractivity contribution in [2.75, 3.05) is 5.32 Å². The molecule has 0 saturated carbocycles. The van der Waals surface area contributed by atoms with E-state index in [2.05, 4.69) is 11.4 Å². The predicted octanol–water partition coefficient (Wildman–Crippen LogP) is 5.86. The van der Waals surface area contributed by atoms with Gasteiger partial charge < -0.3 is 10.1 Å². The first-order valence-corrected chi connectivity index (χ1v) is 13.5. The lowest BCUT2D eigenvalue weighted by molar-refractivity contribution is 0.471. The normalized spacial score (nSPS) is 12.9. The van der Waals surface area contributed by atoms with Gasteiger partial charge in [0.1, 0.15) is 16.4 Å². The van der Waals surface area contributed by atoms with Crippen LogP contribution in [0.2, 0.25) is 0 Å². The van der Waals surface area contributed by atoms with E-state index < -0.39 is 10.1 Å². The van der Waals surface area contributed by atoms with E-state index in [9.17, 15) is 13.0 Å². The van der Waals surface area contributed by atoms with Gasteiger partial charge in [-0.25, -0.2) is 0 Å². The molecule has 0 spiro atoms. The standard InChI is InChI=1S/C32H23NO4S/c34-38(35,36)31-14-8-7-13-28(31)32-26-17-15-23(19-22-9-3-1-4-10-22)20-29(26)37-30-21-25(16-18-27(30)32)33-24-11-5-2-6-12-24/h1-21,33H,(H,34,35,36)/b23-19+. The Hall–Kier alpha value is -4.65. The molecule has 6 rings (SSSR count). The summed E-state index contributed by atoms with van der Waals surface area (Å²) >= 11 is 0. The first-order chi connectivity index (χ1) is 18.5. The smallest absolute Gasteiger partial charge is 0.295 e. The van der Waals surface area contributed by atoms with Gasteiger partial charge in [0.2, 0.25) is 0 Å². The summed E-state index contributed by atoms with van der Waals surface area (Å²) in [4.78, 5) is -0.153. The van der Waals surface area contributed by atoms with Crippen LogP contribution in [-0.4, -0.2) is 13.0 Å². The van der Waals surface area contributed by atoms with E-state index >= 15 is 0 Å². The minimum atomic E-state index is -4.47.